The van der Waals surface area contributed by atoms with Crippen molar-refractivity contribution in [1.29, 1.82) is 0 Å². The van der Waals surface area contributed by atoms with Gasteiger partial charge in [-0.2, -0.15) is 0 Å². The average Bonchev–Trinajstić information content (AvgIpc) is 2.87. The van der Waals surface area contributed by atoms with Gasteiger partial charge in [0.2, 0.25) is 5.91 Å². The molecule has 1 aromatic carbocycles. The fourth-order valence-corrected chi connectivity index (χ4v) is 5.44. The first-order chi connectivity index (χ1) is 11.3. The summed E-state index contributed by atoms with van der Waals surface area (Å²) < 4.78 is 0. The normalized spacial score (nSPS) is 34.1. The maximum atomic E-state index is 12.5. The van der Waals surface area contributed by atoms with Gasteiger partial charge in [0.15, 0.2) is 0 Å². The third-order valence-electron chi connectivity index (χ3n) is 6.46. The number of rotatable bonds is 2. The van der Waals surface area contributed by atoms with Crippen molar-refractivity contribution in [2.45, 2.75) is 57.5 Å². The molecule has 0 aromatic heterocycles. The number of hydrogen-bond donors (Lipinski definition) is 1. The molecule has 1 aliphatic heterocycles. The maximum Gasteiger partial charge on any atom is 0.225 e. The van der Waals surface area contributed by atoms with Crippen molar-refractivity contribution in [1.82, 2.24) is 4.90 Å². The van der Waals surface area contributed by atoms with Crippen molar-refractivity contribution in [3.8, 4) is 0 Å². The van der Waals surface area contributed by atoms with Gasteiger partial charge in [-0.3, -0.25) is 4.79 Å². The third kappa shape index (κ3) is 2.76. The molecule has 3 nitrogen and oxygen atoms in total. The summed E-state index contributed by atoms with van der Waals surface area (Å²) in [5.41, 5.74) is 2.43. The van der Waals surface area contributed by atoms with Gasteiger partial charge in [0.1, 0.15) is 0 Å². The number of carbonyl (C=O) groups excluding carboxylic acids is 1. The van der Waals surface area contributed by atoms with Crippen LogP contribution in [0.1, 0.15) is 56.1 Å². The summed E-state index contributed by atoms with van der Waals surface area (Å²) in [6, 6.07) is 6.23. The Morgan fingerprint density at radius 1 is 1.29 bits per heavy atom. The number of amides is 1. The molecule has 1 aromatic rings. The van der Waals surface area contributed by atoms with Crippen LogP contribution in [0.15, 0.2) is 18.2 Å². The number of aliphatic hydroxyl groups is 1. The van der Waals surface area contributed by atoms with E-state index >= 15 is 0 Å². The second kappa shape index (κ2) is 5.47. The van der Waals surface area contributed by atoms with E-state index in [-0.39, 0.29) is 11.8 Å². The van der Waals surface area contributed by atoms with E-state index in [2.05, 4.69) is 19.1 Å². The Bertz CT molecular complexity index is 670. The number of likely N-dealkylation sites (tertiary alicyclic amines) is 1. The van der Waals surface area contributed by atoms with E-state index in [1.807, 2.05) is 17.9 Å². The molecule has 130 valence electrons. The van der Waals surface area contributed by atoms with Crippen LogP contribution < -0.4 is 0 Å². The molecule has 1 heterocycles. The van der Waals surface area contributed by atoms with Crippen molar-refractivity contribution in [3.63, 3.8) is 0 Å². The van der Waals surface area contributed by atoms with Gasteiger partial charge < -0.3 is 10.0 Å². The maximum absolute atomic E-state index is 12.5. The molecule has 4 heteroatoms. The standard InChI is InChI=1S/C20H26ClNO2/c1-13-7-16(21)3-4-17(13)14-5-6-20(10-14)11-22(12-20)18(23)15-8-19(2,24)9-15/h3-4,7,14-15,24H,5-6,8-12H2,1-2H3. The molecule has 0 radical (unpaired) electrons. The van der Waals surface area contributed by atoms with E-state index in [1.165, 1.54) is 30.4 Å². The summed E-state index contributed by atoms with van der Waals surface area (Å²) in [6.45, 7) is 5.79. The Kier molecular flexibility index (Phi) is 3.74. The van der Waals surface area contributed by atoms with Gasteiger partial charge in [0.05, 0.1) is 5.60 Å². The minimum atomic E-state index is -0.618. The topological polar surface area (TPSA) is 40.5 Å². The predicted octanol–water partition coefficient (Wildman–Crippen LogP) is 3.91. The lowest BCUT2D eigenvalue weighted by Gasteiger charge is -2.52. The lowest BCUT2D eigenvalue weighted by atomic mass is 9.69. The second-order valence-corrected chi connectivity index (χ2v) is 9.17. The van der Waals surface area contributed by atoms with Crippen LogP contribution >= 0.6 is 11.6 Å². The number of halogens is 1. The minimum absolute atomic E-state index is 0.0491. The Balaban J connectivity index is 1.36. The molecule has 3 fully saturated rings. The van der Waals surface area contributed by atoms with Crippen LogP contribution in [0.2, 0.25) is 5.02 Å². The molecule has 4 rings (SSSR count). The van der Waals surface area contributed by atoms with Crippen molar-refractivity contribution in [2.75, 3.05) is 13.1 Å². The van der Waals surface area contributed by atoms with Gasteiger partial charge in [-0.05, 0) is 75.1 Å². The number of benzene rings is 1. The molecule has 1 N–H and O–H groups in total. The highest BCUT2D eigenvalue weighted by Crippen LogP contribution is 2.53. The molecule has 1 atom stereocenters. The first-order valence-corrected chi connectivity index (χ1v) is 9.42. The fourth-order valence-electron chi connectivity index (χ4n) is 5.21. The van der Waals surface area contributed by atoms with Gasteiger partial charge in [0.25, 0.3) is 0 Å². The van der Waals surface area contributed by atoms with Crippen LogP contribution in [0, 0.1) is 18.3 Å². The molecular formula is C20H26ClNO2. The van der Waals surface area contributed by atoms with Gasteiger partial charge in [-0.25, -0.2) is 0 Å². The zero-order chi connectivity index (χ0) is 17.1. The quantitative estimate of drug-likeness (QED) is 0.881. The molecule has 2 aliphatic carbocycles. The number of aryl methyl sites for hydroxylation is 1. The van der Waals surface area contributed by atoms with E-state index in [0.29, 0.717) is 24.2 Å². The SMILES string of the molecule is Cc1cc(Cl)ccc1C1CCC2(C1)CN(C(=O)C1CC(C)(O)C1)C2. The van der Waals surface area contributed by atoms with E-state index in [1.54, 1.807) is 0 Å². The van der Waals surface area contributed by atoms with Crippen molar-refractivity contribution >= 4 is 17.5 Å². The van der Waals surface area contributed by atoms with Gasteiger partial charge in [-0.15, -0.1) is 0 Å². The first-order valence-electron chi connectivity index (χ1n) is 9.04. The first kappa shape index (κ1) is 16.4. The molecule has 24 heavy (non-hydrogen) atoms. The Morgan fingerprint density at radius 2 is 2.00 bits per heavy atom. The summed E-state index contributed by atoms with van der Waals surface area (Å²) in [4.78, 5) is 14.5. The third-order valence-corrected chi connectivity index (χ3v) is 6.70. The summed E-state index contributed by atoms with van der Waals surface area (Å²) in [6.07, 6.45) is 4.86. The molecule has 1 spiro atoms. The highest BCUT2D eigenvalue weighted by molar-refractivity contribution is 6.30. The fraction of sp³-hybridized carbons (Fsp3) is 0.650. The highest BCUT2D eigenvalue weighted by atomic mass is 35.5. The molecule has 1 amide bonds. The number of carbonyl (C=O) groups is 1. The predicted molar refractivity (Wildman–Crippen MR) is 95.1 cm³/mol. The van der Waals surface area contributed by atoms with Crippen LogP contribution in [0.25, 0.3) is 0 Å². The Labute approximate surface area is 149 Å². The van der Waals surface area contributed by atoms with Crippen molar-refractivity contribution in [2.24, 2.45) is 11.3 Å². The Morgan fingerprint density at radius 3 is 2.62 bits per heavy atom. The average molecular weight is 348 g/mol. The van der Waals surface area contributed by atoms with E-state index in [4.69, 9.17) is 11.6 Å². The van der Waals surface area contributed by atoms with E-state index in [9.17, 15) is 9.90 Å². The van der Waals surface area contributed by atoms with E-state index < -0.39 is 5.60 Å². The van der Waals surface area contributed by atoms with Gasteiger partial charge >= 0.3 is 0 Å². The van der Waals surface area contributed by atoms with E-state index in [0.717, 1.165) is 18.1 Å². The van der Waals surface area contributed by atoms with Crippen LogP contribution in [0.4, 0.5) is 0 Å². The van der Waals surface area contributed by atoms with Crippen molar-refractivity contribution < 1.29 is 9.90 Å². The summed E-state index contributed by atoms with van der Waals surface area (Å²) in [7, 11) is 0. The summed E-state index contributed by atoms with van der Waals surface area (Å²) in [5.74, 6) is 0.912. The zero-order valence-electron chi connectivity index (χ0n) is 14.5. The second-order valence-electron chi connectivity index (χ2n) is 8.74. The molecule has 1 saturated heterocycles. The smallest absolute Gasteiger partial charge is 0.225 e. The van der Waals surface area contributed by atoms with Crippen LogP contribution in [0.5, 0.6) is 0 Å². The largest absolute Gasteiger partial charge is 0.390 e. The number of nitrogens with zero attached hydrogens (tertiary/aromatic N) is 1. The number of hydrogen-bond acceptors (Lipinski definition) is 2. The molecule has 2 saturated carbocycles. The monoisotopic (exact) mass is 347 g/mol. The molecule has 3 aliphatic rings. The van der Waals surface area contributed by atoms with Gasteiger partial charge in [0, 0.05) is 29.4 Å². The van der Waals surface area contributed by atoms with Gasteiger partial charge in [-0.1, -0.05) is 17.7 Å². The molecule has 1 unspecified atom stereocenters. The summed E-state index contributed by atoms with van der Waals surface area (Å²) >= 11 is 6.08. The highest BCUT2D eigenvalue weighted by Gasteiger charge is 2.53. The lowest BCUT2D eigenvalue weighted by Crippen LogP contribution is -2.61. The Hall–Kier alpha value is -1.06. The van der Waals surface area contributed by atoms with Crippen LogP contribution in [-0.4, -0.2) is 34.6 Å². The van der Waals surface area contributed by atoms with Crippen LogP contribution in [0.3, 0.4) is 0 Å². The molecule has 0 bridgehead atoms. The van der Waals surface area contributed by atoms with Crippen molar-refractivity contribution in [3.05, 3.63) is 34.3 Å². The minimum Gasteiger partial charge on any atom is -0.390 e. The van der Waals surface area contributed by atoms with Crippen LogP contribution in [-0.2, 0) is 4.79 Å². The summed E-state index contributed by atoms with van der Waals surface area (Å²) in [5, 5.41) is 10.6. The zero-order valence-corrected chi connectivity index (χ0v) is 15.3. The molecular weight excluding hydrogens is 322 g/mol. The lowest BCUT2D eigenvalue weighted by molar-refractivity contribution is -0.161.